The summed E-state index contributed by atoms with van der Waals surface area (Å²) in [5.41, 5.74) is 3.03. The standard InChI is InChI=1S/C27H29ClN2O2S/c1-18-22(28)14-9-15-23(18)30-26(32)25(19-10-6-5-7-11-19)33-21-13-8-12-20(16-21)29-24(31)17-27(2,3)4/h5-16,25H,17H2,1-4H3,(H,29,31)(H,30,32). The van der Waals surface area contributed by atoms with Gasteiger partial charge in [0.05, 0.1) is 0 Å². The van der Waals surface area contributed by atoms with Gasteiger partial charge in [0.25, 0.3) is 0 Å². The molecule has 0 bridgehead atoms. The maximum Gasteiger partial charge on any atom is 0.242 e. The number of anilines is 2. The molecule has 3 aromatic carbocycles. The number of nitrogens with one attached hydrogen (secondary N) is 2. The third kappa shape index (κ3) is 7.37. The summed E-state index contributed by atoms with van der Waals surface area (Å²) in [4.78, 5) is 26.6. The van der Waals surface area contributed by atoms with Crippen LogP contribution in [0.2, 0.25) is 5.02 Å². The van der Waals surface area contributed by atoms with Crippen LogP contribution in [0.3, 0.4) is 0 Å². The maximum absolute atomic E-state index is 13.4. The fourth-order valence-electron chi connectivity index (χ4n) is 3.31. The molecule has 0 aliphatic carbocycles. The van der Waals surface area contributed by atoms with E-state index in [1.54, 1.807) is 6.07 Å². The Kier molecular flexibility index (Phi) is 8.22. The van der Waals surface area contributed by atoms with Gasteiger partial charge in [-0.05, 0) is 53.8 Å². The second-order valence-corrected chi connectivity index (χ2v) is 10.7. The molecule has 1 atom stereocenters. The van der Waals surface area contributed by atoms with E-state index < -0.39 is 5.25 Å². The fourth-order valence-corrected chi connectivity index (χ4v) is 4.57. The van der Waals surface area contributed by atoms with Gasteiger partial charge in [-0.3, -0.25) is 9.59 Å². The first kappa shape index (κ1) is 24.9. The summed E-state index contributed by atoms with van der Waals surface area (Å²) in [6, 6.07) is 22.7. The van der Waals surface area contributed by atoms with Gasteiger partial charge in [-0.2, -0.15) is 0 Å². The molecular weight excluding hydrogens is 452 g/mol. The van der Waals surface area contributed by atoms with E-state index in [0.29, 0.717) is 22.8 Å². The third-order valence-electron chi connectivity index (χ3n) is 4.93. The first-order chi connectivity index (χ1) is 15.6. The summed E-state index contributed by atoms with van der Waals surface area (Å²) < 4.78 is 0. The van der Waals surface area contributed by atoms with Gasteiger partial charge in [-0.25, -0.2) is 0 Å². The van der Waals surface area contributed by atoms with Crippen molar-refractivity contribution in [2.45, 2.75) is 44.3 Å². The van der Waals surface area contributed by atoms with Gasteiger partial charge in [-0.1, -0.05) is 74.8 Å². The molecule has 2 amide bonds. The third-order valence-corrected chi connectivity index (χ3v) is 6.59. The molecule has 172 valence electrons. The Hall–Kier alpha value is -2.76. The predicted octanol–water partition coefficient (Wildman–Crippen LogP) is 7.50. The summed E-state index contributed by atoms with van der Waals surface area (Å²) in [7, 11) is 0. The number of benzene rings is 3. The molecule has 0 saturated carbocycles. The van der Waals surface area contributed by atoms with E-state index in [1.807, 2.05) is 94.4 Å². The van der Waals surface area contributed by atoms with Gasteiger partial charge in [0, 0.05) is 27.7 Å². The molecule has 0 aromatic heterocycles. The van der Waals surface area contributed by atoms with Crippen molar-refractivity contribution in [1.29, 1.82) is 0 Å². The van der Waals surface area contributed by atoms with Crippen LogP contribution in [-0.2, 0) is 9.59 Å². The lowest BCUT2D eigenvalue weighted by Gasteiger charge is -2.19. The normalized spacial score (nSPS) is 12.2. The molecule has 4 nitrogen and oxygen atoms in total. The number of hydrogen-bond acceptors (Lipinski definition) is 3. The van der Waals surface area contributed by atoms with E-state index in [4.69, 9.17) is 11.6 Å². The molecular formula is C27H29ClN2O2S. The molecule has 0 heterocycles. The molecule has 0 aliphatic heterocycles. The van der Waals surface area contributed by atoms with Crippen molar-refractivity contribution in [1.82, 2.24) is 0 Å². The smallest absolute Gasteiger partial charge is 0.242 e. The molecule has 6 heteroatoms. The van der Waals surface area contributed by atoms with Crippen molar-refractivity contribution in [2.24, 2.45) is 5.41 Å². The second-order valence-electron chi connectivity index (χ2n) is 9.12. The number of hydrogen-bond donors (Lipinski definition) is 2. The average Bonchev–Trinajstić information content (AvgIpc) is 2.74. The first-order valence-corrected chi connectivity index (χ1v) is 12.1. The highest BCUT2D eigenvalue weighted by atomic mass is 35.5. The van der Waals surface area contributed by atoms with Gasteiger partial charge >= 0.3 is 0 Å². The summed E-state index contributed by atoms with van der Waals surface area (Å²) >= 11 is 7.67. The van der Waals surface area contributed by atoms with Crippen molar-refractivity contribution in [3.63, 3.8) is 0 Å². The second kappa shape index (κ2) is 10.9. The van der Waals surface area contributed by atoms with Crippen LogP contribution in [0.1, 0.15) is 43.6 Å². The van der Waals surface area contributed by atoms with E-state index in [0.717, 1.165) is 16.0 Å². The summed E-state index contributed by atoms with van der Waals surface area (Å²) in [6.07, 6.45) is 0.429. The minimum Gasteiger partial charge on any atom is -0.326 e. The van der Waals surface area contributed by atoms with Crippen LogP contribution in [0.5, 0.6) is 0 Å². The molecule has 2 N–H and O–H groups in total. The van der Waals surface area contributed by atoms with Crippen molar-refractivity contribution in [3.8, 4) is 0 Å². The van der Waals surface area contributed by atoms with Crippen molar-refractivity contribution < 1.29 is 9.59 Å². The average molecular weight is 481 g/mol. The molecule has 0 spiro atoms. The highest BCUT2D eigenvalue weighted by molar-refractivity contribution is 8.00. The Labute approximate surface area is 205 Å². The Morgan fingerprint density at radius 2 is 1.64 bits per heavy atom. The molecule has 3 rings (SSSR count). The molecule has 0 radical (unpaired) electrons. The van der Waals surface area contributed by atoms with Crippen LogP contribution in [-0.4, -0.2) is 11.8 Å². The summed E-state index contributed by atoms with van der Waals surface area (Å²) in [5.74, 6) is -0.169. The Morgan fingerprint density at radius 3 is 2.33 bits per heavy atom. The minimum atomic E-state index is -0.481. The Bertz CT molecular complexity index is 1130. The largest absolute Gasteiger partial charge is 0.326 e. The highest BCUT2D eigenvalue weighted by Crippen LogP contribution is 2.37. The van der Waals surface area contributed by atoms with Crippen molar-refractivity contribution in [3.05, 3.63) is 88.9 Å². The molecule has 0 saturated heterocycles. The van der Waals surface area contributed by atoms with Gasteiger partial charge in [0.15, 0.2) is 0 Å². The number of thioether (sulfide) groups is 1. The van der Waals surface area contributed by atoms with Crippen LogP contribution < -0.4 is 10.6 Å². The van der Waals surface area contributed by atoms with Gasteiger partial charge in [-0.15, -0.1) is 11.8 Å². The number of rotatable bonds is 7. The number of carbonyl (C=O) groups is 2. The maximum atomic E-state index is 13.4. The quantitative estimate of drug-likeness (QED) is 0.344. The predicted molar refractivity (Wildman–Crippen MR) is 139 cm³/mol. The van der Waals surface area contributed by atoms with E-state index >= 15 is 0 Å². The lowest BCUT2D eigenvalue weighted by atomic mass is 9.92. The Morgan fingerprint density at radius 1 is 0.939 bits per heavy atom. The lowest BCUT2D eigenvalue weighted by molar-refractivity contribution is -0.118. The molecule has 3 aromatic rings. The van der Waals surface area contributed by atoms with E-state index in [2.05, 4.69) is 10.6 Å². The van der Waals surface area contributed by atoms with E-state index in [-0.39, 0.29) is 17.2 Å². The number of halogens is 1. The van der Waals surface area contributed by atoms with Gasteiger partial charge < -0.3 is 10.6 Å². The molecule has 0 aliphatic rings. The van der Waals surface area contributed by atoms with Crippen LogP contribution in [0.15, 0.2) is 77.7 Å². The lowest BCUT2D eigenvalue weighted by Crippen LogP contribution is -2.20. The number of carbonyl (C=O) groups excluding carboxylic acids is 2. The molecule has 33 heavy (non-hydrogen) atoms. The highest BCUT2D eigenvalue weighted by Gasteiger charge is 2.23. The number of amides is 2. The van der Waals surface area contributed by atoms with E-state index in [9.17, 15) is 9.59 Å². The Balaban J connectivity index is 1.82. The van der Waals surface area contributed by atoms with E-state index in [1.165, 1.54) is 11.8 Å². The monoisotopic (exact) mass is 480 g/mol. The van der Waals surface area contributed by atoms with Crippen molar-refractivity contribution >= 4 is 46.6 Å². The van der Waals surface area contributed by atoms with Gasteiger partial charge in [0.2, 0.25) is 11.8 Å². The van der Waals surface area contributed by atoms with Gasteiger partial charge in [0.1, 0.15) is 5.25 Å². The fraction of sp³-hybridized carbons (Fsp3) is 0.259. The first-order valence-electron chi connectivity index (χ1n) is 10.8. The zero-order valence-electron chi connectivity index (χ0n) is 19.3. The van der Waals surface area contributed by atoms with Crippen molar-refractivity contribution in [2.75, 3.05) is 10.6 Å². The van der Waals surface area contributed by atoms with Crippen LogP contribution in [0.25, 0.3) is 0 Å². The van der Waals surface area contributed by atoms with Crippen LogP contribution >= 0.6 is 23.4 Å². The molecule has 1 unspecified atom stereocenters. The zero-order valence-corrected chi connectivity index (χ0v) is 20.9. The summed E-state index contributed by atoms with van der Waals surface area (Å²) in [6.45, 7) is 7.98. The zero-order chi connectivity index (χ0) is 24.0. The van der Waals surface area contributed by atoms with Crippen LogP contribution in [0, 0.1) is 12.3 Å². The topological polar surface area (TPSA) is 58.2 Å². The van der Waals surface area contributed by atoms with Crippen LogP contribution in [0.4, 0.5) is 11.4 Å². The molecule has 0 fully saturated rings. The summed E-state index contributed by atoms with van der Waals surface area (Å²) in [5, 5.41) is 6.12. The minimum absolute atomic E-state index is 0.0292. The SMILES string of the molecule is Cc1c(Cl)cccc1NC(=O)C(Sc1cccc(NC(=O)CC(C)(C)C)c1)c1ccccc1.